The monoisotopic (exact) mass is 249 g/mol. The van der Waals surface area contributed by atoms with Gasteiger partial charge in [0.15, 0.2) is 0 Å². The fraction of sp³-hybridized carbons (Fsp3) is 0.625. The molecule has 1 unspecified atom stereocenters. The predicted molar refractivity (Wildman–Crippen MR) is 54.3 cm³/mol. The van der Waals surface area contributed by atoms with Crippen LogP contribution in [0.15, 0.2) is 0 Å². The lowest BCUT2D eigenvalue weighted by atomic mass is 10.1. The van der Waals surface area contributed by atoms with Gasteiger partial charge in [0, 0.05) is 12.5 Å². The highest BCUT2D eigenvalue weighted by Gasteiger charge is 2.17. The first-order valence-electron chi connectivity index (χ1n) is 4.51. The van der Waals surface area contributed by atoms with E-state index in [2.05, 4.69) is 15.0 Å². The lowest BCUT2D eigenvalue weighted by Crippen LogP contribution is -2.13. The Morgan fingerprint density at radius 1 is 1.27 bits per heavy atom. The van der Waals surface area contributed by atoms with Crippen LogP contribution in [0.5, 0.6) is 6.01 Å². The van der Waals surface area contributed by atoms with E-state index in [0.717, 1.165) is 13.0 Å². The third kappa shape index (κ3) is 3.15. The van der Waals surface area contributed by atoms with Crippen LogP contribution in [-0.4, -0.2) is 34.8 Å². The van der Waals surface area contributed by atoms with E-state index < -0.39 is 0 Å². The molecule has 1 fully saturated rings. The van der Waals surface area contributed by atoms with Crippen molar-refractivity contribution in [3.63, 3.8) is 0 Å². The Hall–Kier alpha value is -0.650. The van der Waals surface area contributed by atoms with E-state index in [-0.39, 0.29) is 16.6 Å². The molecule has 0 amide bonds. The van der Waals surface area contributed by atoms with Crippen molar-refractivity contribution in [3.05, 3.63) is 10.6 Å². The van der Waals surface area contributed by atoms with Crippen LogP contribution in [0.1, 0.15) is 6.42 Å². The lowest BCUT2D eigenvalue weighted by Gasteiger charge is -2.08. The van der Waals surface area contributed by atoms with Gasteiger partial charge in [0.05, 0.1) is 13.2 Å². The molecule has 0 spiro atoms. The summed E-state index contributed by atoms with van der Waals surface area (Å²) in [5.41, 5.74) is 0. The standard InChI is InChI=1S/C8H9Cl2N3O2/c9-6-11-7(10)13-8(12-6)15-4-5-1-2-14-3-5/h5H,1-4H2. The maximum atomic E-state index is 5.59. The predicted octanol–water partition coefficient (Wildman–Crippen LogP) is 1.59. The van der Waals surface area contributed by atoms with Crippen molar-refractivity contribution in [3.8, 4) is 6.01 Å². The molecule has 1 atom stereocenters. The van der Waals surface area contributed by atoms with Crippen LogP contribution in [0.4, 0.5) is 0 Å². The molecule has 1 aromatic heterocycles. The highest BCUT2D eigenvalue weighted by atomic mass is 35.5. The van der Waals surface area contributed by atoms with Crippen molar-refractivity contribution >= 4 is 23.2 Å². The third-order valence-electron chi connectivity index (χ3n) is 2.03. The maximum absolute atomic E-state index is 5.59. The molecule has 0 bridgehead atoms. The number of hydrogen-bond acceptors (Lipinski definition) is 5. The van der Waals surface area contributed by atoms with Gasteiger partial charge in [0.25, 0.3) is 0 Å². The average molecular weight is 250 g/mol. The highest BCUT2D eigenvalue weighted by Crippen LogP contribution is 2.15. The summed E-state index contributed by atoms with van der Waals surface area (Å²) in [5.74, 6) is 0.388. The molecule has 1 aliphatic heterocycles. The second kappa shape index (κ2) is 4.92. The molecular weight excluding hydrogens is 241 g/mol. The zero-order chi connectivity index (χ0) is 10.7. The van der Waals surface area contributed by atoms with Crippen LogP contribution in [0.2, 0.25) is 10.6 Å². The fourth-order valence-corrected chi connectivity index (χ4v) is 1.63. The van der Waals surface area contributed by atoms with Gasteiger partial charge in [-0.25, -0.2) is 0 Å². The van der Waals surface area contributed by atoms with E-state index in [0.29, 0.717) is 19.1 Å². The van der Waals surface area contributed by atoms with Gasteiger partial charge in [-0.15, -0.1) is 0 Å². The lowest BCUT2D eigenvalue weighted by molar-refractivity contribution is 0.163. The molecule has 15 heavy (non-hydrogen) atoms. The molecule has 0 aliphatic carbocycles. The topological polar surface area (TPSA) is 57.1 Å². The van der Waals surface area contributed by atoms with E-state index in [1.807, 2.05) is 0 Å². The summed E-state index contributed by atoms with van der Waals surface area (Å²) in [6, 6.07) is 0.159. The maximum Gasteiger partial charge on any atom is 0.322 e. The Morgan fingerprint density at radius 2 is 2.00 bits per heavy atom. The van der Waals surface area contributed by atoms with Gasteiger partial charge in [0.1, 0.15) is 0 Å². The number of nitrogens with zero attached hydrogens (tertiary/aromatic N) is 3. The molecule has 1 aromatic rings. The van der Waals surface area contributed by atoms with Gasteiger partial charge in [-0.3, -0.25) is 0 Å². The van der Waals surface area contributed by atoms with Gasteiger partial charge < -0.3 is 9.47 Å². The number of halogens is 2. The molecule has 82 valence electrons. The second-order valence-electron chi connectivity index (χ2n) is 3.20. The minimum atomic E-state index is 0.0349. The molecule has 0 aromatic carbocycles. The van der Waals surface area contributed by atoms with Crippen LogP contribution >= 0.6 is 23.2 Å². The summed E-state index contributed by atoms with van der Waals surface area (Å²) >= 11 is 11.2. The quantitative estimate of drug-likeness (QED) is 0.815. The van der Waals surface area contributed by atoms with Crippen molar-refractivity contribution in [2.45, 2.75) is 6.42 Å². The normalized spacial score (nSPS) is 20.5. The summed E-state index contributed by atoms with van der Waals surface area (Å²) in [6.45, 7) is 2.01. The van der Waals surface area contributed by atoms with Gasteiger partial charge in [-0.2, -0.15) is 15.0 Å². The van der Waals surface area contributed by atoms with Crippen LogP contribution in [-0.2, 0) is 4.74 Å². The van der Waals surface area contributed by atoms with E-state index in [4.69, 9.17) is 32.7 Å². The van der Waals surface area contributed by atoms with Gasteiger partial charge in [-0.1, -0.05) is 0 Å². The Bertz CT molecular complexity index is 324. The van der Waals surface area contributed by atoms with E-state index in [1.54, 1.807) is 0 Å². The molecule has 0 saturated carbocycles. The van der Waals surface area contributed by atoms with E-state index in [9.17, 15) is 0 Å². The van der Waals surface area contributed by atoms with Crippen molar-refractivity contribution < 1.29 is 9.47 Å². The van der Waals surface area contributed by atoms with Gasteiger partial charge in [0.2, 0.25) is 10.6 Å². The molecule has 1 aliphatic rings. The van der Waals surface area contributed by atoms with Crippen molar-refractivity contribution in [1.29, 1.82) is 0 Å². The molecule has 7 heteroatoms. The van der Waals surface area contributed by atoms with Crippen LogP contribution in [0, 0.1) is 5.92 Å². The minimum Gasteiger partial charge on any atom is -0.463 e. The largest absolute Gasteiger partial charge is 0.463 e. The Labute approximate surface area is 96.7 Å². The van der Waals surface area contributed by atoms with Crippen LogP contribution in [0.25, 0.3) is 0 Å². The summed E-state index contributed by atoms with van der Waals surface area (Å²) in [6.07, 6.45) is 0.993. The first kappa shape index (κ1) is 10.9. The Kier molecular flexibility index (Phi) is 3.56. The third-order valence-corrected chi connectivity index (χ3v) is 2.37. The molecule has 1 saturated heterocycles. The van der Waals surface area contributed by atoms with Crippen LogP contribution < -0.4 is 4.74 Å². The Balaban J connectivity index is 1.92. The van der Waals surface area contributed by atoms with Crippen molar-refractivity contribution in [1.82, 2.24) is 15.0 Å². The SMILES string of the molecule is Clc1nc(Cl)nc(OCC2CCOC2)n1. The fourth-order valence-electron chi connectivity index (χ4n) is 1.28. The minimum absolute atomic E-state index is 0.0349. The highest BCUT2D eigenvalue weighted by molar-refractivity contribution is 6.31. The smallest absolute Gasteiger partial charge is 0.322 e. The number of ether oxygens (including phenoxy) is 2. The van der Waals surface area contributed by atoms with Crippen molar-refractivity contribution in [2.75, 3.05) is 19.8 Å². The number of hydrogen-bond donors (Lipinski definition) is 0. The average Bonchev–Trinajstić information content (AvgIpc) is 2.65. The second-order valence-corrected chi connectivity index (χ2v) is 3.87. The summed E-state index contributed by atoms with van der Waals surface area (Å²) in [5, 5.41) is 0.0698. The van der Waals surface area contributed by atoms with Crippen LogP contribution in [0.3, 0.4) is 0 Å². The molecule has 5 nitrogen and oxygen atoms in total. The number of rotatable bonds is 3. The van der Waals surface area contributed by atoms with Gasteiger partial charge in [-0.05, 0) is 29.6 Å². The first-order chi connectivity index (χ1) is 7.24. The molecule has 0 radical (unpaired) electrons. The van der Waals surface area contributed by atoms with E-state index in [1.165, 1.54) is 0 Å². The Morgan fingerprint density at radius 3 is 2.60 bits per heavy atom. The van der Waals surface area contributed by atoms with Gasteiger partial charge >= 0.3 is 6.01 Å². The first-order valence-corrected chi connectivity index (χ1v) is 5.27. The molecule has 0 N–H and O–H groups in total. The summed E-state index contributed by atoms with van der Waals surface area (Å²) in [4.78, 5) is 11.2. The summed E-state index contributed by atoms with van der Waals surface area (Å²) < 4.78 is 10.5. The zero-order valence-corrected chi connectivity index (χ0v) is 9.33. The van der Waals surface area contributed by atoms with E-state index >= 15 is 0 Å². The van der Waals surface area contributed by atoms with Crippen molar-refractivity contribution in [2.24, 2.45) is 5.92 Å². The zero-order valence-electron chi connectivity index (χ0n) is 7.82. The summed E-state index contributed by atoms with van der Waals surface area (Å²) in [7, 11) is 0. The molecular formula is C8H9Cl2N3O2. The number of aromatic nitrogens is 3. The molecule has 2 rings (SSSR count). The molecule has 2 heterocycles.